The smallest absolute Gasteiger partial charge is 0.417 e. The van der Waals surface area contributed by atoms with Gasteiger partial charge in [-0.15, -0.1) is 0 Å². The Morgan fingerprint density at radius 2 is 1.83 bits per heavy atom. The van der Waals surface area contributed by atoms with Crippen LogP contribution >= 0.6 is 0 Å². The molecule has 4 nitrogen and oxygen atoms in total. The number of rotatable bonds is 3. The van der Waals surface area contributed by atoms with Crippen LogP contribution in [0.5, 0.6) is 0 Å². The predicted molar refractivity (Wildman–Crippen MR) is 42.4 cm³/mol. The van der Waals surface area contributed by atoms with Crippen molar-refractivity contribution in [2.24, 2.45) is 0 Å². The normalized spacial score (nSPS) is 9.83. The lowest BCUT2D eigenvalue weighted by atomic mass is 10.5. The van der Waals surface area contributed by atoms with Gasteiger partial charge < -0.3 is 9.47 Å². The third kappa shape index (κ3) is 4.49. The average molecular weight is 172 g/mol. The van der Waals surface area contributed by atoms with Crippen molar-refractivity contribution in [3.8, 4) is 0 Å². The SMILES string of the molecule is CC=CCOC(=O)C(=O)OCC. The van der Waals surface area contributed by atoms with Crippen molar-refractivity contribution in [1.82, 2.24) is 0 Å². The highest BCUT2D eigenvalue weighted by atomic mass is 16.6. The molecule has 12 heavy (non-hydrogen) atoms. The largest absolute Gasteiger partial charge is 0.458 e. The zero-order chi connectivity index (χ0) is 9.40. The molecule has 0 aromatic heterocycles. The van der Waals surface area contributed by atoms with E-state index in [0.29, 0.717) is 0 Å². The van der Waals surface area contributed by atoms with Crippen molar-refractivity contribution in [3.05, 3.63) is 12.2 Å². The van der Waals surface area contributed by atoms with Crippen molar-refractivity contribution in [2.75, 3.05) is 13.2 Å². The van der Waals surface area contributed by atoms with Crippen LogP contribution in [0.3, 0.4) is 0 Å². The second-order valence-corrected chi connectivity index (χ2v) is 1.89. The molecular formula is C8H12O4. The van der Waals surface area contributed by atoms with Gasteiger partial charge in [-0.2, -0.15) is 0 Å². The summed E-state index contributed by atoms with van der Waals surface area (Å²) in [5.74, 6) is -1.89. The van der Waals surface area contributed by atoms with Crippen LogP contribution in [0.2, 0.25) is 0 Å². The van der Waals surface area contributed by atoms with Crippen molar-refractivity contribution in [2.45, 2.75) is 13.8 Å². The minimum Gasteiger partial charge on any atom is -0.458 e. The van der Waals surface area contributed by atoms with Crippen LogP contribution < -0.4 is 0 Å². The molecule has 0 aromatic rings. The van der Waals surface area contributed by atoms with Crippen molar-refractivity contribution in [3.63, 3.8) is 0 Å². The zero-order valence-electron chi connectivity index (χ0n) is 7.20. The van der Waals surface area contributed by atoms with Crippen molar-refractivity contribution in [1.29, 1.82) is 0 Å². The van der Waals surface area contributed by atoms with Crippen LogP contribution in [-0.4, -0.2) is 25.2 Å². The van der Waals surface area contributed by atoms with Crippen LogP contribution in [0.25, 0.3) is 0 Å². The fourth-order valence-electron chi connectivity index (χ4n) is 0.469. The Bertz CT molecular complexity index is 183. The lowest BCUT2D eigenvalue weighted by Crippen LogP contribution is -2.20. The number of hydrogen-bond donors (Lipinski definition) is 0. The number of ether oxygens (including phenoxy) is 2. The summed E-state index contributed by atoms with van der Waals surface area (Å²) < 4.78 is 8.89. The van der Waals surface area contributed by atoms with Gasteiger partial charge >= 0.3 is 11.9 Å². The van der Waals surface area contributed by atoms with E-state index in [4.69, 9.17) is 0 Å². The first kappa shape index (κ1) is 10.7. The summed E-state index contributed by atoms with van der Waals surface area (Å²) in [6.45, 7) is 3.70. The predicted octanol–water partition coefficient (Wildman–Crippen LogP) is 0.669. The molecule has 0 saturated heterocycles. The van der Waals surface area contributed by atoms with E-state index in [-0.39, 0.29) is 13.2 Å². The Labute approximate surface area is 71.2 Å². The van der Waals surface area contributed by atoms with Crippen LogP contribution in [0, 0.1) is 0 Å². The van der Waals surface area contributed by atoms with Crippen LogP contribution in [-0.2, 0) is 19.1 Å². The lowest BCUT2D eigenvalue weighted by molar-refractivity contribution is -0.166. The number of hydrogen-bond acceptors (Lipinski definition) is 4. The fraction of sp³-hybridized carbons (Fsp3) is 0.500. The molecule has 0 aliphatic carbocycles. The Kier molecular flexibility index (Phi) is 5.69. The molecular weight excluding hydrogens is 160 g/mol. The first-order chi connectivity index (χ1) is 5.72. The summed E-state index contributed by atoms with van der Waals surface area (Å²) in [5.41, 5.74) is 0. The maximum Gasteiger partial charge on any atom is 0.417 e. The van der Waals surface area contributed by atoms with E-state index in [2.05, 4.69) is 9.47 Å². The van der Waals surface area contributed by atoms with E-state index in [1.165, 1.54) is 0 Å². The molecule has 0 aliphatic heterocycles. The second-order valence-electron chi connectivity index (χ2n) is 1.89. The van der Waals surface area contributed by atoms with E-state index < -0.39 is 11.9 Å². The first-order valence-electron chi connectivity index (χ1n) is 3.67. The topological polar surface area (TPSA) is 52.6 Å². The molecule has 0 aliphatic rings. The minimum absolute atomic E-state index is 0.105. The van der Waals surface area contributed by atoms with Gasteiger partial charge in [0.05, 0.1) is 6.61 Å². The third-order valence-electron chi connectivity index (χ3n) is 0.988. The van der Waals surface area contributed by atoms with E-state index in [1.807, 2.05) is 0 Å². The number of carbonyl (C=O) groups excluding carboxylic acids is 2. The van der Waals surface area contributed by atoms with Gasteiger partial charge in [-0.3, -0.25) is 0 Å². The fourth-order valence-corrected chi connectivity index (χ4v) is 0.469. The summed E-state index contributed by atoms with van der Waals surface area (Å²) in [6.07, 6.45) is 3.34. The van der Waals surface area contributed by atoms with Crippen molar-refractivity contribution < 1.29 is 19.1 Å². The molecule has 68 valence electrons. The average Bonchev–Trinajstić information content (AvgIpc) is 2.05. The molecule has 0 bridgehead atoms. The highest BCUT2D eigenvalue weighted by molar-refractivity contribution is 6.29. The number of carbonyl (C=O) groups is 2. The lowest BCUT2D eigenvalue weighted by Gasteiger charge is -2.00. The van der Waals surface area contributed by atoms with E-state index in [9.17, 15) is 9.59 Å². The molecule has 0 atom stereocenters. The van der Waals surface area contributed by atoms with Crippen molar-refractivity contribution >= 4 is 11.9 Å². The molecule has 0 N–H and O–H groups in total. The molecule has 0 fully saturated rings. The summed E-state index contributed by atoms with van der Waals surface area (Å²) in [4.78, 5) is 21.3. The quantitative estimate of drug-likeness (QED) is 0.356. The monoisotopic (exact) mass is 172 g/mol. The molecule has 0 amide bonds. The number of allylic oxidation sites excluding steroid dienone is 1. The van der Waals surface area contributed by atoms with Crippen LogP contribution in [0.1, 0.15) is 13.8 Å². The second kappa shape index (κ2) is 6.39. The summed E-state index contributed by atoms with van der Waals surface area (Å²) in [7, 11) is 0. The molecule has 0 saturated carbocycles. The first-order valence-corrected chi connectivity index (χ1v) is 3.67. The maximum atomic E-state index is 10.7. The molecule has 0 radical (unpaired) electrons. The van der Waals surface area contributed by atoms with Gasteiger partial charge in [0.1, 0.15) is 6.61 Å². The van der Waals surface area contributed by atoms with Crippen LogP contribution in [0.4, 0.5) is 0 Å². The van der Waals surface area contributed by atoms with Gasteiger partial charge in [-0.1, -0.05) is 12.2 Å². The van der Waals surface area contributed by atoms with E-state index in [1.54, 1.807) is 26.0 Å². The van der Waals surface area contributed by atoms with Crippen LogP contribution in [0.15, 0.2) is 12.2 Å². The van der Waals surface area contributed by atoms with Gasteiger partial charge in [0, 0.05) is 0 Å². The van der Waals surface area contributed by atoms with Gasteiger partial charge in [-0.05, 0) is 13.8 Å². The summed E-state index contributed by atoms with van der Waals surface area (Å²) in [5, 5.41) is 0. The maximum absolute atomic E-state index is 10.7. The van der Waals surface area contributed by atoms with Gasteiger partial charge in [-0.25, -0.2) is 9.59 Å². The molecule has 0 aromatic carbocycles. The highest BCUT2D eigenvalue weighted by Crippen LogP contribution is 1.85. The molecule has 0 rings (SSSR count). The molecule has 0 unspecified atom stereocenters. The Hall–Kier alpha value is -1.32. The molecule has 4 heteroatoms. The van der Waals surface area contributed by atoms with E-state index in [0.717, 1.165) is 0 Å². The van der Waals surface area contributed by atoms with E-state index >= 15 is 0 Å². The zero-order valence-corrected chi connectivity index (χ0v) is 7.20. The Balaban J connectivity index is 3.64. The Morgan fingerprint density at radius 1 is 1.25 bits per heavy atom. The summed E-state index contributed by atoms with van der Waals surface area (Å²) >= 11 is 0. The van der Waals surface area contributed by atoms with Gasteiger partial charge in [0.15, 0.2) is 0 Å². The standard InChI is InChI=1S/C8H12O4/c1-3-5-6-12-8(10)7(9)11-4-2/h3,5H,4,6H2,1-2H3. The highest BCUT2D eigenvalue weighted by Gasteiger charge is 2.14. The van der Waals surface area contributed by atoms with Gasteiger partial charge in [0.25, 0.3) is 0 Å². The number of esters is 2. The molecule has 0 heterocycles. The van der Waals surface area contributed by atoms with Gasteiger partial charge in [0.2, 0.25) is 0 Å². The Morgan fingerprint density at radius 3 is 2.33 bits per heavy atom. The molecule has 0 spiro atoms. The minimum atomic E-state index is -0.949. The summed E-state index contributed by atoms with van der Waals surface area (Å²) in [6, 6.07) is 0. The third-order valence-corrected chi connectivity index (χ3v) is 0.988.